The summed E-state index contributed by atoms with van der Waals surface area (Å²) in [6, 6.07) is 7.86. The number of rotatable bonds is 8. The fourth-order valence-corrected chi connectivity index (χ4v) is 2.71. The van der Waals surface area contributed by atoms with E-state index < -0.39 is 23.5 Å². The highest BCUT2D eigenvalue weighted by atomic mass is 16.5. The second-order valence-corrected chi connectivity index (χ2v) is 5.78. The minimum Gasteiger partial charge on any atom is -0.466 e. The maximum Gasteiger partial charge on any atom is 0.349 e. The molecule has 0 radical (unpaired) electrons. The van der Waals surface area contributed by atoms with E-state index >= 15 is 0 Å². The van der Waals surface area contributed by atoms with Crippen molar-refractivity contribution in [2.24, 2.45) is 0 Å². The second kappa shape index (κ2) is 9.15. The van der Waals surface area contributed by atoms with Gasteiger partial charge >= 0.3 is 11.6 Å². The molecular weight excluding hydrogens is 338 g/mol. The largest absolute Gasteiger partial charge is 0.466 e. The second-order valence-electron chi connectivity index (χ2n) is 5.78. The molecule has 0 fully saturated rings. The van der Waals surface area contributed by atoms with Crippen LogP contribution in [-0.2, 0) is 9.53 Å². The highest BCUT2D eigenvalue weighted by molar-refractivity contribution is 5.97. The Morgan fingerprint density at radius 1 is 1.27 bits per heavy atom. The van der Waals surface area contributed by atoms with Crippen molar-refractivity contribution in [3.05, 3.63) is 46.3 Å². The lowest BCUT2D eigenvalue weighted by atomic mass is 10.1. The van der Waals surface area contributed by atoms with Crippen molar-refractivity contribution in [1.29, 1.82) is 0 Å². The molecule has 1 amide bonds. The topological polar surface area (TPSA) is 97.0 Å². The van der Waals surface area contributed by atoms with Gasteiger partial charge in [-0.2, -0.15) is 0 Å². The Balaban J connectivity index is 2.34. The molecule has 1 atom stereocenters. The smallest absolute Gasteiger partial charge is 0.349 e. The number of hydrogen-bond donors (Lipinski definition) is 1. The van der Waals surface area contributed by atoms with E-state index in [0.717, 1.165) is 0 Å². The van der Waals surface area contributed by atoms with Crippen molar-refractivity contribution in [2.75, 3.05) is 19.8 Å². The molecule has 0 bridgehead atoms. The van der Waals surface area contributed by atoms with Crippen LogP contribution in [0.4, 0.5) is 0 Å². The summed E-state index contributed by atoms with van der Waals surface area (Å²) in [5.41, 5.74) is -0.483. The fourth-order valence-electron chi connectivity index (χ4n) is 2.71. The summed E-state index contributed by atoms with van der Waals surface area (Å²) in [6.07, 6.45) is 0.457. The van der Waals surface area contributed by atoms with Gasteiger partial charge in [-0.3, -0.25) is 9.59 Å². The molecule has 26 heavy (non-hydrogen) atoms. The van der Waals surface area contributed by atoms with Crippen molar-refractivity contribution in [3.8, 4) is 0 Å². The van der Waals surface area contributed by atoms with E-state index in [1.807, 2.05) is 6.92 Å². The SMILES string of the molecule is CCOC(=O)CCN(C(=O)c1cc2ccccc2oc1=O)C(CC)CO. The van der Waals surface area contributed by atoms with Crippen LogP contribution in [0.25, 0.3) is 11.0 Å². The molecule has 1 aromatic heterocycles. The third-order valence-electron chi connectivity index (χ3n) is 4.12. The van der Waals surface area contributed by atoms with E-state index in [9.17, 15) is 19.5 Å². The molecule has 1 unspecified atom stereocenters. The lowest BCUT2D eigenvalue weighted by Gasteiger charge is -2.29. The van der Waals surface area contributed by atoms with Gasteiger partial charge in [-0.05, 0) is 25.5 Å². The number of aliphatic hydroxyl groups is 1. The molecule has 0 aliphatic rings. The van der Waals surface area contributed by atoms with Gasteiger partial charge in [0.1, 0.15) is 11.1 Å². The fraction of sp³-hybridized carbons (Fsp3) is 0.421. The first-order chi connectivity index (χ1) is 12.5. The third kappa shape index (κ3) is 4.49. The zero-order chi connectivity index (χ0) is 19.1. The summed E-state index contributed by atoms with van der Waals surface area (Å²) in [7, 11) is 0. The van der Waals surface area contributed by atoms with Crippen molar-refractivity contribution in [1.82, 2.24) is 4.90 Å². The van der Waals surface area contributed by atoms with Crippen LogP contribution in [0.2, 0.25) is 0 Å². The Kier molecular flexibility index (Phi) is 6.91. The monoisotopic (exact) mass is 361 g/mol. The number of carbonyl (C=O) groups excluding carboxylic acids is 2. The molecule has 1 aromatic carbocycles. The summed E-state index contributed by atoms with van der Waals surface area (Å²) in [5, 5.41) is 10.2. The molecule has 2 aromatic rings. The average molecular weight is 361 g/mol. The predicted octanol–water partition coefficient (Wildman–Crippen LogP) is 1.96. The highest BCUT2D eigenvalue weighted by Gasteiger charge is 2.26. The van der Waals surface area contributed by atoms with Gasteiger partial charge in [0.15, 0.2) is 0 Å². The first-order valence-electron chi connectivity index (χ1n) is 8.62. The quantitative estimate of drug-likeness (QED) is 0.570. The van der Waals surface area contributed by atoms with E-state index in [0.29, 0.717) is 17.4 Å². The van der Waals surface area contributed by atoms with E-state index in [1.165, 1.54) is 11.0 Å². The van der Waals surface area contributed by atoms with Gasteiger partial charge in [0.25, 0.3) is 5.91 Å². The molecule has 7 heteroatoms. The summed E-state index contributed by atoms with van der Waals surface area (Å²) in [4.78, 5) is 38.2. The summed E-state index contributed by atoms with van der Waals surface area (Å²) in [5.74, 6) is -1.02. The van der Waals surface area contributed by atoms with Gasteiger partial charge in [0, 0.05) is 11.9 Å². The Morgan fingerprint density at radius 2 is 2.00 bits per heavy atom. The zero-order valence-corrected chi connectivity index (χ0v) is 14.9. The van der Waals surface area contributed by atoms with Crippen LogP contribution in [0.15, 0.2) is 39.5 Å². The van der Waals surface area contributed by atoms with Crippen molar-refractivity contribution < 1.29 is 23.8 Å². The minimum atomic E-state index is -0.748. The average Bonchev–Trinajstić information content (AvgIpc) is 2.64. The van der Waals surface area contributed by atoms with Gasteiger partial charge in [0.2, 0.25) is 0 Å². The molecule has 1 N–H and O–H groups in total. The number of para-hydroxylation sites is 1. The van der Waals surface area contributed by atoms with Crippen LogP contribution in [0.3, 0.4) is 0 Å². The number of aliphatic hydroxyl groups excluding tert-OH is 1. The standard InChI is InChI=1S/C19H23NO6/c1-3-14(12-21)20(10-9-17(22)25-4-2)18(23)15-11-13-7-5-6-8-16(13)26-19(15)24/h5-8,11,14,21H,3-4,9-10,12H2,1-2H3. The number of ether oxygens (including phenoxy) is 1. The van der Waals surface area contributed by atoms with Crippen LogP contribution in [0.5, 0.6) is 0 Å². The number of fused-ring (bicyclic) bond motifs is 1. The van der Waals surface area contributed by atoms with Crippen molar-refractivity contribution in [2.45, 2.75) is 32.7 Å². The lowest BCUT2D eigenvalue weighted by molar-refractivity contribution is -0.143. The van der Waals surface area contributed by atoms with Gasteiger partial charge in [-0.1, -0.05) is 25.1 Å². The van der Waals surface area contributed by atoms with Crippen LogP contribution < -0.4 is 5.63 Å². The van der Waals surface area contributed by atoms with Crippen molar-refractivity contribution in [3.63, 3.8) is 0 Å². The molecule has 0 aliphatic carbocycles. The Labute approximate surface area is 151 Å². The Hall–Kier alpha value is -2.67. The van der Waals surface area contributed by atoms with E-state index in [1.54, 1.807) is 31.2 Å². The molecule has 2 rings (SSSR count). The molecule has 0 aliphatic heterocycles. The van der Waals surface area contributed by atoms with E-state index in [-0.39, 0.29) is 31.7 Å². The summed E-state index contributed by atoms with van der Waals surface area (Å²) in [6.45, 7) is 3.53. The normalized spacial score (nSPS) is 12.0. The molecular formula is C19H23NO6. The Bertz CT molecular complexity index is 824. The molecule has 7 nitrogen and oxygen atoms in total. The van der Waals surface area contributed by atoms with Gasteiger partial charge in [0.05, 0.1) is 25.7 Å². The molecule has 1 heterocycles. The molecule has 140 valence electrons. The lowest BCUT2D eigenvalue weighted by Crippen LogP contribution is -2.44. The summed E-state index contributed by atoms with van der Waals surface area (Å²) < 4.78 is 10.1. The number of amides is 1. The number of benzene rings is 1. The molecule has 0 saturated heterocycles. The number of carbonyl (C=O) groups is 2. The number of esters is 1. The maximum absolute atomic E-state index is 12.9. The van der Waals surface area contributed by atoms with Gasteiger partial charge < -0.3 is 19.2 Å². The van der Waals surface area contributed by atoms with Crippen molar-refractivity contribution >= 4 is 22.8 Å². The number of nitrogens with zero attached hydrogens (tertiary/aromatic N) is 1. The molecule has 0 saturated carbocycles. The predicted molar refractivity (Wildman–Crippen MR) is 95.9 cm³/mol. The van der Waals surface area contributed by atoms with Crippen LogP contribution >= 0.6 is 0 Å². The number of hydrogen-bond acceptors (Lipinski definition) is 6. The zero-order valence-electron chi connectivity index (χ0n) is 14.9. The highest BCUT2D eigenvalue weighted by Crippen LogP contribution is 2.16. The van der Waals surface area contributed by atoms with Crippen LogP contribution in [-0.4, -0.2) is 47.7 Å². The maximum atomic E-state index is 12.9. The van der Waals surface area contributed by atoms with Gasteiger partial charge in [-0.25, -0.2) is 4.79 Å². The van der Waals surface area contributed by atoms with Gasteiger partial charge in [-0.15, -0.1) is 0 Å². The van der Waals surface area contributed by atoms with Crippen LogP contribution in [0, 0.1) is 0 Å². The third-order valence-corrected chi connectivity index (χ3v) is 4.12. The first-order valence-corrected chi connectivity index (χ1v) is 8.62. The van der Waals surface area contributed by atoms with Crippen LogP contribution in [0.1, 0.15) is 37.0 Å². The first kappa shape index (κ1) is 19.7. The Morgan fingerprint density at radius 3 is 2.65 bits per heavy atom. The molecule has 0 spiro atoms. The summed E-state index contributed by atoms with van der Waals surface area (Å²) >= 11 is 0. The van der Waals surface area contributed by atoms with E-state index in [4.69, 9.17) is 9.15 Å². The minimum absolute atomic E-state index is 0.0189. The van der Waals surface area contributed by atoms with E-state index in [2.05, 4.69) is 0 Å².